The highest BCUT2D eigenvalue weighted by Crippen LogP contribution is 2.36. The lowest BCUT2D eigenvalue weighted by Gasteiger charge is -2.21. The minimum atomic E-state index is -0.239. The van der Waals surface area contributed by atoms with Crippen LogP contribution in [0.2, 0.25) is 0 Å². The molecule has 4 aromatic rings. The molecule has 0 radical (unpaired) electrons. The minimum absolute atomic E-state index is 0.0200. The Bertz CT molecular complexity index is 1290. The van der Waals surface area contributed by atoms with Crippen molar-refractivity contribution < 1.29 is 9.50 Å². The Kier molecular flexibility index (Phi) is 4.41. The summed E-state index contributed by atoms with van der Waals surface area (Å²) in [7, 11) is 0. The zero-order valence-corrected chi connectivity index (χ0v) is 17.5. The van der Waals surface area contributed by atoms with Crippen molar-refractivity contribution in [2.75, 3.05) is 24.6 Å². The van der Waals surface area contributed by atoms with Gasteiger partial charge in [-0.2, -0.15) is 0 Å². The summed E-state index contributed by atoms with van der Waals surface area (Å²) >= 11 is 0. The van der Waals surface area contributed by atoms with E-state index in [-0.39, 0.29) is 24.4 Å². The molecule has 0 aliphatic carbocycles. The minimum Gasteiger partial charge on any atom is -0.396 e. The molecule has 0 saturated carbocycles. The molecule has 0 spiro atoms. The molecule has 32 heavy (non-hydrogen) atoms. The standard InChI is InChI=1S/C25H24FN5O/c26-20-3-1-16(2-4-20)17-10-24-25-28-7-8-31(25)23-6-5-21(9-18(23)12-30(24)11-17)29-13-19(15-32)22(27)14-29/h1-11,19,22,32H,12-15,27H2/t19-,22+/m0/s1. The highest BCUT2D eigenvalue weighted by atomic mass is 19.1. The van der Waals surface area contributed by atoms with Gasteiger partial charge in [-0.3, -0.25) is 4.57 Å². The topological polar surface area (TPSA) is 72.2 Å². The van der Waals surface area contributed by atoms with Gasteiger partial charge in [0.25, 0.3) is 0 Å². The maximum atomic E-state index is 13.4. The first-order valence-electron chi connectivity index (χ1n) is 10.9. The summed E-state index contributed by atoms with van der Waals surface area (Å²) in [5, 5.41) is 9.60. The second-order valence-corrected chi connectivity index (χ2v) is 8.69. The zero-order valence-electron chi connectivity index (χ0n) is 17.5. The van der Waals surface area contributed by atoms with Crippen LogP contribution < -0.4 is 10.6 Å². The Morgan fingerprint density at radius 1 is 1.06 bits per heavy atom. The van der Waals surface area contributed by atoms with E-state index in [1.807, 2.05) is 12.4 Å². The number of fused-ring (bicyclic) bond motifs is 5. The van der Waals surface area contributed by atoms with Crippen LogP contribution in [-0.4, -0.2) is 45.0 Å². The Hall–Kier alpha value is -3.42. The van der Waals surface area contributed by atoms with E-state index >= 15 is 0 Å². The van der Waals surface area contributed by atoms with E-state index in [2.05, 4.69) is 49.5 Å². The van der Waals surface area contributed by atoms with Crippen LogP contribution in [0.25, 0.3) is 28.3 Å². The van der Waals surface area contributed by atoms with Crippen molar-refractivity contribution in [2.45, 2.75) is 12.6 Å². The number of halogens is 1. The Balaban J connectivity index is 1.42. The van der Waals surface area contributed by atoms with Gasteiger partial charge >= 0.3 is 0 Å². The van der Waals surface area contributed by atoms with Crippen molar-refractivity contribution in [1.29, 1.82) is 0 Å². The molecule has 2 aromatic carbocycles. The third-order valence-electron chi connectivity index (χ3n) is 6.70. The van der Waals surface area contributed by atoms with Gasteiger partial charge in [0.05, 0.1) is 11.4 Å². The van der Waals surface area contributed by atoms with E-state index in [9.17, 15) is 9.50 Å². The molecule has 1 fully saturated rings. The van der Waals surface area contributed by atoms with Crippen molar-refractivity contribution in [2.24, 2.45) is 11.7 Å². The van der Waals surface area contributed by atoms with Crippen LogP contribution in [0.5, 0.6) is 0 Å². The van der Waals surface area contributed by atoms with Crippen molar-refractivity contribution in [3.05, 3.63) is 78.5 Å². The number of benzene rings is 2. The number of hydrogen-bond donors (Lipinski definition) is 2. The molecule has 2 aliphatic heterocycles. The summed E-state index contributed by atoms with van der Waals surface area (Å²) in [5.74, 6) is 0.744. The molecule has 162 valence electrons. The first kappa shape index (κ1) is 19.3. The summed E-state index contributed by atoms with van der Waals surface area (Å²) < 4.78 is 17.7. The fourth-order valence-electron chi connectivity index (χ4n) is 4.93. The van der Waals surface area contributed by atoms with E-state index < -0.39 is 0 Å². The van der Waals surface area contributed by atoms with Gasteiger partial charge < -0.3 is 20.3 Å². The first-order valence-corrected chi connectivity index (χ1v) is 10.9. The molecule has 0 unspecified atom stereocenters. The lowest BCUT2D eigenvalue weighted by atomic mass is 10.1. The molecule has 6 rings (SSSR count). The van der Waals surface area contributed by atoms with Crippen LogP contribution in [0.15, 0.2) is 67.1 Å². The Labute approximate surface area is 185 Å². The van der Waals surface area contributed by atoms with E-state index in [4.69, 9.17) is 5.73 Å². The molecule has 4 heterocycles. The van der Waals surface area contributed by atoms with E-state index in [1.165, 1.54) is 17.7 Å². The van der Waals surface area contributed by atoms with Gasteiger partial charge in [-0.1, -0.05) is 12.1 Å². The smallest absolute Gasteiger partial charge is 0.161 e. The normalized spacial score (nSPS) is 19.4. The van der Waals surface area contributed by atoms with Crippen LogP contribution in [0.1, 0.15) is 5.56 Å². The van der Waals surface area contributed by atoms with Gasteiger partial charge in [-0.05, 0) is 47.5 Å². The molecule has 2 aliphatic rings. The van der Waals surface area contributed by atoms with Crippen LogP contribution in [0, 0.1) is 11.7 Å². The molecule has 2 atom stereocenters. The van der Waals surface area contributed by atoms with Crippen LogP contribution >= 0.6 is 0 Å². The second-order valence-electron chi connectivity index (χ2n) is 8.69. The molecule has 0 bridgehead atoms. The lowest BCUT2D eigenvalue weighted by molar-refractivity contribution is 0.228. The number of aliphatic hydroxyl groups is 1. The number of nitrogens with zero attached hydrogens (tertiary/aromatic N) is 4. The number of rotatable bonds is 3. The van der Waals surface area contributed by atoms with Gasteiger partial charge in [0.2, 0.25) is 0 Å². The molecule has 2 aromatic heterocycles. The number of nitrogens with two attached hydrogens (primary N) is 1. The Morgan fingerprint density at radius 2 is 1.91 bits per heavy atom. The van der Waals surface area contributed by atoms with Gasteiger partial charge in [-0.15, -0.1) is 0 Å². The fraction of sp³-hybridized carbons (Fsp3) is 0.240. The number of imidazole rings is 1. The van der Waals surface area contributed by atoms with Gasteiger partial charge in [0, 0.05) is 68.0 Å². The number of anilines is 1. The monoisotopic (exact) mass is 429 g/mol. The largest absolute Gasteiger partial charge is 0.396 e. The van der Waals surface area contributed by atoms with E-state index in [0.29, 0.717) is 6.54 Å². The van der Waals surface area contributed by atoms with Crippen molar-refractivity contribution in [1.82, 2.24) is 14.1 Å². The van der Waals surface area contributed by atoms with Crippen LogP contribution in [-0.2, 0) is 6.54 Å². The van der Waals surface area contributed by atoms with Crippen molar-refractivity contribution >= 4 is 5.69 Å². The molecular formula is C25H24FN5O. The van der Waals surface area contributed by atoms with E-state index in [1.54, 1.807) is 12.1 Å². The van der Waals surface area contributed by atoms with Gasteiger partial charge in [0.15, 0.2) is 5.82 Å². The molecule has 3 N–H and O–H groups in total. The second kappa shape index (κ2) is 7.32. The number of hydrogen-bond acceptors (Lipinski definition) is 4. The quantitative estimate of drug-likeness (QED) is 0.462. The highest BCUT2D eigenvalue weighted by Gasteiger charge is 2.30. The third-order valence-corrected chi connectivity index (χ3v) is 6.70. The fourth-order valence-corrected chi connectivity index (χ4v) is 4.93. The predicted molar refractivity (Wildman–Crippen MR) is 122 cm³/mol. The van der Waals surface area contributed by atoms with Gasteiger partial charge in [-0.25, -0.2) is 9.37 Å². The average Bonchev–Trinajstić information content (AvgIpc) is 3.51. The summed E-state index contributed by atoms with van der Waals surface area (Å²) in [4.78, 5) is 6.89. The van der Waals surface area contributed by atoms with Crippen LogP contribution in [0.3, 0.4) is 0 Å². The highest BCUT2D eigenvalue weighted by molar-refractivity contribution is 5.72. The molecule has 0 amide bonds. The first-order chi connectivity index (χ1) is 15.6. The summed E-state index contributed by atoms with van der Waals surface area (Å²) in [6, 6.07) is 15.2. The van der Waals surface area contributed by atoms with E-state index in [0.717, 1.165) is 47.1 Å². The number of aromatic nitrogens is 3. The summed E-state index contributed by atoms with van der Waals surface area (Å²) in [5.41, 5.74) is 12.7. The lowest BCUT2D eigenvalue weighted by Crippen LogP contribution is -2.31. The predicted octanol–water partition coefficient (Wildman–Crippen LogP) is 3.26. The Morgan fingerprint density at radius 3 is 2.69 bits per heavy atom. The SMILES string of the molecule is N[C@@H]1CN(c2ccc3c(c2)Cn2cc(-c4ccc(F)cc4)cc2-c2nccn2-3)C[C@H]1CO. The molecule has 7 heteroatoms. The van der Waals surface area contributed by atoms with Gasteiger partial charge in [0.1, 0.15) is 5.82 Å². The molecule has 6 nitrogen and oxygen atoms in total. The summed E-state index contributed by atoms with van der Waals surface area (Å²) in [6.45, 7) is 2.31. The summed E-state index contributed by atoms with van der Waals surface area (Å²) in [6.07, 6.45) is 5.91. The van der Waals surface area contributed by atoms with Crippen molar-refractivity contribution in [3.8, 4) is 28.3 Å². The van der Waals surface area contributed by atoms with Crippen LogP contribution in [0.4, 0.5) is 10.1 Å². The van der Waals surface area contributed by atoms with Crippen molar-refractivity contribution in [3.63, 3.8) is 0 Å². The third kappa shape index (κ3) is 3.04. The molecular weight excluding hydrogens is 405 g/mol. The maximum absolute atomic E-state index is 13.4. The number of aliphatic hydroxyl groups excluding tert-OH is 1. The maximum Gasteiger partial charge on any atom is 0.161 e. The average molecular weight is 429 g/mol. The zero-order chi connectivity index (χ0) is 21.8. The molecule has 1 saturated heterocycles.